The normalized spacial score (nSPS) is 19.5. The summed E-state index contributed by atoms with van der Waals surface area (Å²) in [5, 5.41) is 2.97. The zero-order chi connectivity index (χ0) is 18.8. The number of nitrogens with one attached hydrogen (secondary N) is 1. The highest BCUT2D eigenvalue weighted by Gasteiger charge is 2.25. The first-order valence-electron chi connectivity index (χ1n) is 9.75. The monoisotopic (exact) mass is 363 g/mol. The van der Waals surface area contributed by atoms with Crippen LogP contribution in [0, 0.1) is 5.92 Å². The van der Waals surface area contributed by atoms with Crippen LogP contribution in [0.3, 0.4) is 0 Å². The van der Waals surface area contributed by atoms with Gasteiger partial charge >= 0.3 is 0 Å². The Bertz CT molecular complexity index is 514. The van der Waals surface area contributed by atoms with E-state index in [0.717, 1.165) is 25.9 Å². The Kier molecular flexibility index (Phi) is 9.09. The van der Waals surface area contributed by atoms with Crippen LogP contribution in [0.1, 0.15) is 51.7 Å². The van der Waals surface area contributed by atoms with Gasteiger partial charge in [0.05, 0.1) is 18.8 Å². The Morgan fingerprint density at radius 2 is 2.00 bits per heavy atom. The standard InChI is InChI=1S/C21H33NO4/c1-16(2)20(26-15-19-11-7-13-25-19)21(23)22-12-8-14-24-17(3)18-9-5-4-6-10-18/h4-6,9-10,16-17,19-20H,7-8,11-15H2,1-3H3,(H,22,23)/t17-,19+,20-/m0/s1. The Hall–Kier alpha value is -1.43. The van der Waals surface area contributed by atoms with Gasteiger partial charge in [0.2, 0.25) is 5.91 Å². The molecular weight excluding hydrogens is 330 g/mol. The SMILES string of the molecule is CC(C)[C@H](OC[C@H]1CCCO1)C(=O)NCCCO[C@@H](C)c1ccccc1. The minimum absolute atomic E-state index is 0.0471. The van der Waals surface area contributed by atoms with Gasteiger partial charge in [-0.3, -0.25) is 4.79 Å². The molecule has 3 atom stereocenters. The van der Waals surface area contributed by atoms with Crippen molar-refractivity contribution < 1.29 is 19.0 Å². The summed E-state index contributed by atoms with van der Waals surface area (Å²) >= 11 is 0. The second kappa shape index (κ2) is 11.3. The molecule has 5 nitrogen and oxygen atoms in total. The van der Waals surface area contributed by atoms with E-state index in [0.29, 0.717) is 19.8 Å². The van der Waals surface area contributed by atoms with E-state index in [1.165, 1.54) is 5.56 Å². The van der Waals surface area contributed by atoms with E-state index in [9.17, 15) is 4.79 Å². The molecule has 0 saturated carbocycles. The molecule has 0 bridgehead atoms. The first-order chi connectivity index (χ1) is 12.6. The minimum atomic E-state index is -0.427. The third kappa shape index (κ3) is 7.06. The van der Waals surface area contributed by atoms with Crippen molar-refractivity contribution in [3.63, 3.8) is 0 Å². The molecule has 1 aromatic rings. The van der Waals surface area contributed by atoms with Gasteiger partial charge < -0.3 is 19.5 Å². The second-order valence-corrected chi connectivity index (χ2v) is 7.20. The highest BCUT2D eigenvalue weighted by molar-refractivity contribution is 5.80. The summed E-state index contributed by atoms with van der Waals surface area (Å²) in [5.74, 6) is 0.0832. The van der Waals surface area contributed by atoms with E-state index in [2.05, 4.69) is 17.4 Å². The summed E-state index contributed by atoms with van der Waals surface area (Å²) in [6, 6.07) is 10.1. The van der Waals surface area contributed by atoms with E-state index in [4.69, 9.17) is 14.2 Å². The molecule has 146 valence electrons. The number of hydrogen-bond donors (Lipinski definition) is 1. The Balaban J connectivity index is 1.62. The Labute approximate surface area is 157 Å². The molecule has 26 heavy (non-hydrogen) atoms. The van der Waals surface area contributed by atoms with Crippen LogP contribution in [0.15, 0.2) is 30.3 Å². The van der Waals surface area contributed by atoms with E-state index < -0.39 is 6.10 Å². The molecule has 1 heterocycles. The van der Waals surface area contributed by atoms with Crippen molar-refractivity contribution in [3.8, 4) is 0 Å². The number of hydrogen-bond acceptors (Lipinski definition) is 4. The molecule has 1 aromatic carbocycles. The van der Waals surface area contributed by atoms with Crippen molar-refractivity contribution in [3.05, 3.63) is 35.9 Å². The fourth-order valence-electron chi connectivity index (χ4n) is 3.02. The van der Waals surface area contributed by atoms with E-state index in [1.54, 1.807) is 0 Å². The van der Waals surface area contributed by atoms with E-state index in [1.807, 2.05) is 39.0 Å². The van der Waals surface area contributed by atoms with Crippen LogP contribution in [0.4, 0.5) is 0 Å². The number of rotatable bonds is 11. The molecule has 0 aromatic heterocycles. The summed E-state index contributed by atoms with van der Waals surface area (Å²) < 4.78 is 17.2. The van der Waals surface area contributed by atoms with Gasteiger partial charge in [0.15, 0.2) is 0 Å². The summed E-state index contributed by atoms with van der Waals surface area (Å²) in [6.45, 7) is 8.55. The van der Waals surface area contributed by atoms with Crippen molar-refractivity contribution in [2.45, 2.75) is 58.3 Å². The van der Waals surface area contributed by atoms with Gasteiger partial charge in [-0.1, -0.05) is 44.2 Å². The van der Waals surface area contributed by atoms with Gasteiger partial charge in [-0.2, -0.15) is 0 Å². The molecule has 1 amide bonds. The van der Waals surface area contributed by atoms with E-state index in [-0.39, 0.29) is 24.0 Å². The van der Waals surface area contributed by atoms with Crippen molar-refractivity contribution in [2.24, 2.45) is 5.92 Å². The summed E-state index contributed by atoms with van der Waals surface area (Å²) in [5.41, 5.74) is 1.17. The maximum atomic E-state index is 12.4. The van der Waals surface area contributed by atoms with E-state index >= 15 is 0 Å². The minimum Gasteiger partial charge on any atom is -0.376 e. The van der Waals surface area contributed by atoms with Gasteiger partial charge in [0.25, 0.3) is 0 Å². The first kappa shape index (κ1) is 20.9. The number of carbonyl (C=O) groups excluding carboxylic acids is 1. The highest BCUT2D eigenvalue weighted by Crippen LogP contribution is 2.16. The van der Waals surface area contributed by atoms with Crippen LogP contribution in [0.5, 0.6) is 0 Å². The number of benzene rings is 1. The molecular formula is C21H33NO4. The molecule has 1 N–H and O–H groups in total. The van der Waals surface area contributed by atoms with Gasteiger partial charge in [0.1, 0.15) is 6.10 Å². The number of amides is 1. The fraction of sp³-hybridized carbons (Fsp3) is 0.667. The van der Waals surface area contributed by atoms with Crippen molar-refractivity contribution in [1.82, 2.24) is 5.32 Å². The zero-order valence-corrected chi connectivity index (χ0v) is 16.3. The maximum Gasteiger partial charge on any atom is 0.249 e. The van der Waals surface area contributed by atoms with Crippen molar-refractivity contribution >= 4 is 5.91 Å². The average Bonchev–Trinajstić information content (AvgIpc) is 3.15. The lowest BCUT2D eigenvalue weighted by atomic mass is 10.1. The molecule has 1 fully saturated rings. The van der Waals surface area contributed by atoms with Gasteiger partial charge in [-0.25, -0.2) is 0 Å². The lowest BCUT2D eigenvalue weighted by molar-refractivity contribution is -0.138. The molecule has 1 aliphatic heterocycles. The van der Waals surface area contributed by atoms with Crippen LogP contribution in [-0.2, 0) is 19.0 Å². The second-order valence-electron chi connectivity index (χ2n) is 7.20. The van der Waals surface area contributed by atoms with Crippen LogP contribution < -0.4 is 5.32 Å². The predicted octanol–water partition coefficient (Wildman–Crippen LogP) is 3.49. The zero-order valence-electron chi connectivity index (χ0n) is 16.3. The number of ether oxygens (including phenoxy) is 3. The fourth-order valence-corrected chi connectivity index (χ4v) is 3.02. The van der Waals surface area contributed by atoms with Crippen LogP contribution in [0.2, 0.25) is 0 Å². The molecule has 0 spiro atoms. The molecule has 0 radical (unpaired) electrons. The Morgan fingerprint density at radius 1 is 1.23 bits per heavy atom. The first-order valence-corrected chi connectivity index (χ1v) is 9.75. The molecule has 1 saturated heterocycles. The average molecular weight is 363 g/mol. The Morgan fingerprint density at radius 3 is 2.65 bits per heavy atom. The van der Waals surface area contributed by atoms with Gasteiger partial charge in [-0.15, -0.1) is 0 Å². The van der Waals surface area contributed by atoms with Gasteiger partial charge in [0, 0.05) is 19.8 Å². The summed E-state index contributed by atoms with van der Waals surface area (Å²) in [7, 11) is 0. The molecule has 1 aliphatic rings. The number of carbonyl (C=O) groups is 1. The van der Waals surface area contributed by atoms with Crippen molar-refractivity contribution in [2.75, 3.05) is 26.4 Å². The predicted molar refractivity (Wildman–Crippen MR) is 102 cm³/mol. The highest BCUT2D eigenvalue weighted by atomic mass is 16.5. The lowest BCUT2D eigenvalue weighted by Gasteiger charge is -2.22. The molecule has 2 rings (SSSR count). The van der Waals surface area contributed by atoms with Crippen LogP contribution in [-0.4, -0.2) is 44.5 Å². The quantitative estimate of drug-likeness (QED) is 0.612. The maximum absolute atomic E-state index is 12.4. The third-order valence-electron chi connectivity index (χ3n) is 4.61. The van der Waals surface area contributed by atoms with Gasteiger partial charge in [-0.05, 0) is 37.7 Å². The summed E-state index contributed by atoms with van der Waals surface area (Å²) in [4.78, 5) is 12.4. The van der Waals surface area contributed by atoms with Crippen molar-refractivity contribution in [1.29, 1.82) is 0 Å². The largest absolute Gasteiger partial charge is 0.376 e. The van der Waals surface area contributed by atoms with Crippen LogP contribution in [0.25, 0.3) is 0 Å². The summed E-state index contributed by atoms with van der Waals surface area (Å²) in [6.07, 6.45) is 2.64. The lowest BCUT2D eigenvalue weighted by Crippen LogP contribution is -2.41. The molecule has 0 unspecified atom stereocenters. The smallest absolute Gasteiger partial charge is 0.249 e. The molecule has 5 heteroatoms. The molecule has 0 aliphatic carbocycles. The third-order valence-corrected chi connectivity index (χ3v) is 4.61. The topological polar surface area (TPSA) is 56.8 Å². The van der Waals surface area contributed by atoms with Crippen LogP contribution >= 0.6 is 0 Å².